The van der Waals surface area contributed by atoms with E-state index in [4.69, 9.17) is 4.99 Å². The zero-order valence-electron chi connectivity index (χ0n) is 21.7. The lowest BCUT2D eigenvalue weighted by molar-refractivity contribution is 0.506. The maximum atomic E-state index is 13.7. The second kappa shape index (κ2) is 12.0. The Hall–Kier alpha value is -4.32. The van der Waals surface area contributed by atoms with E-state index in [-0.39, 0.29) is 4.90 Å². The average Bonchev–Trinajstić information content (AvgIpc) is 2.99. The molecule has 0 radical (unpaired) electrons. The van der Waals surface area contributed by atoms with Crippen LogP contribution in [0, 0.1) is 6.92 Å². The zero-order valence-corrected chi connectivity index (χ0v) is 22.5. The standard InChI is InChI=1S/C34H30N2O2S/c1-26-22-24-31(25-23-26)39(37,38)36-34(30-20-12-5-13-21-30)33(29-18-10-4-11-19-29)35-32(27-14-6-2-7-15-27)28-16-8-3-9-17-28/h2-25,33-34,36H,1H3/t33-,34+/m0/s1. The van der Waals surface area contributed by atoms with E-state index in [9.17, 15) is 8.42 Å². The van der Waals surface area contributed by atoms with E-state index >= 15 is 0 Å². The minimum Gasteiger partial charge on any atom is -0.274 e. The highest BCUT2D eigenvalue weighted by atomic mass is 32.2. The number of aryl methyl sites for hydroxylation is 1. The van der Waals surface area contributed by atoms with Gasteiger partial charge in [-0.25, -0.2) is 13.1 Å². The van der Waals surface area contributed by atoms with Crippen LogP contribution in [0.1, 0.15) is 39.9 Å². The van der Waals surface area contributed by atoms with Crippen LogP contribution in [0.3, 0.4) is 0 Å². The Morgan fingerprint density at radius 2 is 1.03 bits per heavy atom. The Kier molecular flexibility index (Phi) is 8.11. The predicted molar refractivity (Wildman–Crippen MR) is 158 cm³/mol. The van der Waals surface area contributed by atoms with Gasteiger partial charge in [0, 0.05) is 11.1 Å². The summed E-state index contributed by atoms with van der Waals surface area (Å²) >= 11 is 0. The molecule has 0 aliphatic rings. The third-order valence-corrected chi connectivity index (χ3v) is 8.05. The largest absolute Gasteiger partial charge is 0.274 e. The lowest BCUT2D eigenvalue weighted by Gasteiger charge is -2.27. The smallest absolute Gasteiger partial charge is 0.241 e. The van der Waals surface area contributed by atoms with Crippen molar-refractivity contribution in [1.29, 1.82) is 0 Å². The van der Waals surface area contributed by atoms with Crippen molar-refractivity contribution < 1.29 is 8.42 Å². The molecule has 39 heavy (non-hydrogen) atoms. The molecule has 0 aromatic heterocycles. The van der Waals surface area contributed by atoms with Gasteiger partial charge in [0.05, 0.1) is 22.7 Å². The fourth-order valence-electron chi connectivity index (χ4n) is 4.57. The van der Waals surface area contributed by atoms with Gasteiger partial charge in [-0.3, -0.25) is 4.99 Å². The quantitative estimate of drug-likeness (QED) is 0.203. The molecule has 5 heteroatoms. The molecular weight excluding hydrogens is 500 g/mol. The molecular formula is C34H30N2O2S. The second-order valence-electron chi connectivity index (χ2n) is 9.39. The van der Waals surface area contributed by atoms with Gasteiger partial charge in [-0.15, -0.1) is 0 Å². The first-order chi connectivity index (χ1) is 19.0. The van der Waals surface area contributed by atoms with Gasteiger partial charge in [0.2, 0.25) is 10.0 Å². The number of hydrogen-bond donors (Lipinski definition) is 1. The van der Waals surface area contributed by atoms with Crippen LogP contribution >= 0.6 is 0 Å². The minimum atomic E-state index is -3.86. The zero-order chi connectivity index (χ0) is 27.1. The third kappa shape index (κ3) is 6.40. The fourth-order valence-corrected chi connectivity index (χ4v) is 5.80. The van der Waals surface area contributed by atoms with E-state index in [2.05, 4.69) is 4.72 Å². The molecule has 0 saturated carbocycles. The first kappa shape index (κ1) is 26.3. The van der Waals surface area contributed by atoms with Crippen LogP contribution in [0.5, 0.6) is 0 Å². The molecule has 2 atom stereocenters. The molecule has 0 aliphatic carbocycles. The van der Waals surface area contributed by atoms with Crippen molar-refractivity contribution >= 4 is 15.7 Å². The van der Waals surface area contributed by atoms with Crippen LogP contribution < -0.4 is 4.72 Å². The van der Waals surface area contributed by atoms with Gasteiger partial charge in [0.25, 0.3) is 0 Å². The molecule has 194 valence electrons. The molecule has 0 saturated heterocycles. The molecule has 0 aliphatic heterocycles. The summed E-state index contributed by atoms with van der Waals surface area (Å²) in [4.78, 5) is 5.56. The molecule has 1 N–H and O–H groups in total. The second-order valence-corrected chi connectivity index (χ2v) is 11.1. The van der Waals surface area contributed by atoms with Crippen molar-refractivity contribution in [2.45, 2.75) is 23.9 Å². The van der Waals surface area contributed by atoms with Crippen LogP contribution in [-0.2, 0) is 10.0 Å². The van der Waals surface area contributed by atoms with Crippen LogP contribution in [0.2, 0.25) is 0 Å². The van der Waals surface area contributed by atoms with Gasteiger partial charge in [-0.05, 0) is 30.2 Å². The molecule has 5 rings (SSSR count). The van der Waals surface area contributed by atoms with E-state index in [1.807, 2.05) is 140 Å². The Balaban J connectivity index is 1.70. The first-order valence-corrected chi connectivity index (χ1v) is 14.4. The average molecular weight is 531 g/mol. The van der Waals surface area contributed by atoms with Gasteiger partial charge in [-0.2, -0.15) is 0 Å². The summed E-state index contributed by atoms with van der Waals surface area (Å²) in [5.41, 5.74) is 5.43. The van der Waals surface area contributed by atoms with Gasteiger partial charge in [0.1, 0.15) is 0 Å². The summed E-state index contributed by atoms with van der Waals surface area (Å²) in [5, 5.41) is 0. The summed E-state index contributed by atoms with van der Waals surface area (Å²) in [5.74, 6) is 0. The Labute approximate surface area is 230 Å². The van der Waals surface area contributed by atoms with Gasteiger partial charge in [0.15, 0.2) is 0 Å². The van der Waals surface area contributed by atoms with E-state index in [1.54, 1.807) is 12.1 Å². The first-order valence-electron chi connectivity index (χ1n) is 12.9. The number of nitrogens with one attached hydrogen (secondary N) is 1. The van der Waals surface area contributed by atoms with E-state index < -0.39 is 22.1 Å². The molecule has 0 spiro atoms. The van der Waals surface area contributed by atoms with Crippen molar-refractivity contribution in [2.24, 2.45) is 4.99 Å². The number of aliphatic imine (C=N–C) groups is 1. The van der Waals surface area contributed by atoms with Crippen molar-refractivity contribution in [2.75, 3.05) is 0 Å². The number of nitrogens with zero attached hydrogens (tertiary/aromatic N) is 1. The SMILES string of the molecule is Cc1ccc(S(=O)(=O)N[C@H](c2ccccc2)[C@@H](N=C(c2ccccc2)c2ccccc2)c2ccccc2)cc1. The maximum Gasteiger partial charge on any atom is 0.241 e. The summed E-state index contributed by atoms with van der Waals surface area (Å²) in [7, 11) is -3.86. The molecule has 0 fully saturated rings. The summed E-state index contributed by atoms with van der Waals surface area (Å²) in [6.07, 6.45) is 0. The van der Waals surface area contributed by atoms with E-state index in [0.717, 1.165) is 33.5 Å². The summed E-state index contributed by atoms with van der Waals surface area (Å²) < 4.78 is 30.5. The van der Waals surface area contributed by atoms with Gasteiger partial charge < -0.3 is 0 Å². The Morgan fingerprint density at radius 1 is 0.590 bits per heavy atom. The highest BCUT2D eigenvalue weighted by Gasteiger charge is 2.30. The predicted octanol–water partition coefficient (Wildman–Crippen LogP) is 7.29. The van der Waals surface area contributed by atoms with Crippen molar-refractivity contribution in [3.05, 3.63) is 173 Å². The van der Waals surface area contributed by atoms with Crippen LogP contribution in [-0.4, -0.2) is 14.1 Å². The lowest BCUT2D eigenvalue weighted by atomic mass is 9.93. The molecule has 0 heterocycles. The highest BCUT2D eigenvalue weighted by Crippen LogP contribution is 2.35. The number of sulfonamides is 1. The molecule has 0 unspecified atom stereocenters. The summed E-state index contributed by atoms with van der Waals surface area (Å²) in [6, 6.07) is 45.2. The van der Waals surface area contributed by atoms with Crippen molar-refractivity contribution in [3.8, 4) is 0 Å². The molecule has 4 nitrogen and oxygen atoms in total. The van der Waals surface area contributed by atoms with E-state index in [1.165, 1.54) is 0 Å². The molecule has 0 bridgehead atoms. The topological polar surface area (TPSA) is 58.5 Å². The molecule has 5 aromatic rings. The van der Waals surface area contributed by atoms with Crippen LogP contribution in [0.25, 0.3) is 0 Å². The molecule has 0 amide bonds. The third-order valence-electron chi connectivity index (χ3n) is 6.59. The number of rotatable bonds is 9. The van der Waals surface area contributed by atoms with Crippen molar-refractivity contribution in [1.82, 2.24) is 4.72 Å². The summed E-state index contributed by atoms with van der Waals surface area (Å²) in [6.45, 7) is 1.94. The minimum absolute atomic E-state index is 0.219. The van der Waals surface area contributed by atoms with Crippen LogP contribution in [0.15, 0.2) is 155 Å². The highest BCUT2D eigenvalue weighted by molar-refractivity contribution is 7.89. The Morgan fingerprint density at radius 3 is 1.51 bits per heavy atom. The van der Waals surface area contributed by atoms with Gasteiger partial charge in [-0.1, -0.05) is 139 Å². The maximum absolute atomic E-state index is 13.7. The van der Waals surface area contributed by atoms with E-state index in [0.29, 0.717) is 0 Å². The normalized spacial score (nSPS) is 12.8. The lowest BCUT2D eigenvalue weighted by Crippen LogP contribution is -2.32. The van der Waals surface area contributed by atoms with Crippen LogP contribution in [0.4, 0.5) is 0 Å². The van der Waals surface area contributed by atoms with Gasteiger partial charge >= 0.3 is 0 Å². The van der Waals surface area contributed by atoms with Crippen molar-refractivity contribution in [3.63, 3.8) is 0 Å². The Bertz CT molecular complexity index is 1580. The number of benzene rings is 5. The molecule has 5 aromatic carbocycles. The number of hydrogen-bond acceptors (Lipinski definition) is 3. The fraction of sp³-hybridized carbons (Fsp3) is 0.0882. The monoisotopic (exact) mass is 530 g/mol.